The Kier molecular flexibility index (Phi) is 7.33. The van der Waals surface area contributed by atoms with Gasteiger partial charge in [-0.2, -0.15) is 0 Å². The first kappa shape index (κ1) is 15.4. The van der Waals surface area contributed by atoms with E-state index >= 15 is 0 Å². The molecule has 0 fully saturated rings. The van der Waals surface area contributed by atoms with Crippen molar-refractivity contribution in [1.82, 2.24) is 5.32 Å². The van der Waals surface area contributed by atoms with Crippen LogP contribution in [-0.4, -0.2) is 27.4 Å². The molecular weight excluding hydrogens is 218 g/mol. The number of nitrogens with one attached hydrogen (secondary N) is 1. The van der Waals surface area contributed by atoms with Crippen LogP contribution in [0.3, 0.4) is 0 Å². The molecule has 0 saturated heterocycles. The lowest BCUT2D eigenvalue weighted by molar-refractivity contribution is -0.117. The van der Waals surface area contributed by atoms with Crippen LogP contribution < -0.4 is 5.32 Å². The summed E-state index contributed by atoms with van der Waals surface area (Å²) in [5.41, 5.74) is 0.573. The molecule has 0 radical (unpaired) electrons. The number of carbonyl (C=O) groups excluding carboxylic acids is 1. The first-order chi connectivity index (χ1) is 7.39. The zero-order valence-corrected chi connectivity index (χ0v) is 12.1. The van der Waals surface area contributed by atoms with Gasteiger partial charge in [0.15, 0.2) is 8.32 Å². The molecule has 94 valence electrons. The molecule has 0 aromatic heterocycles. The summed E-state index contributed by atoms with van der Waals surface area (Å²) in [5, 5.41) is 2.84. The third-order valence-electron chi connectivity index (χ3n) is 2.41. The topological polar surface area (TPSA) is 38.3 Å². The first-order valence-corrected chi connectivity index (χ1v) is 9.08. The van der Waals surface area contributed by atoms with Gasteiger partial charge in [0.05, 0.1) is 0 Å². The van der Waals surface area contributed by atoms with Crippen LogP contribution in [0.4, 0.5) is 0 Å². The highest BCUT2D eigenvalue weighted by Crippen LogP contribution is 2.14. The minimum absolute atomic E-state index is 0.0405. The molecule has 0 aliphatic heterocycles. The fourth-order valence-corrected chi connectivity index (χ4v) is 3.52. The minimum Gasteiger partial charge on any atom is -0.418 e. The molecule has 3 nitrogen and oxygen atoms in total. The van der Waals surface area contributed by atoms with Gasteiger partial charge in [-0.3, -0.25) is 4.79 Å². The lowest BCUT2D eigenvalue weighted by atomic mass is 10.3. The molecule has 0 unspecified atom stereocenters. The maximum absolute atomic E-state index is 11.2. The minimum atomic E-state index is -1.43. The first-order valence-electron chi connectivity index (χ1n) is 5.96. The normalized spacial score (nSPS) is 11.2. The van der Waals surface area contributed by atoms with E-state index < -0.39 is 8.32 Å². The van der Waals surface area contributed by atoms with Crippen LogP contribution >= 0.6 is 0 Å². The Labute approximate surface area is 100 Å². The molecule has 0 rings (SSSR count). The van der Waals surface area contributed by atoms with Gasteiger partial charge in [-0.25, -0.2) is 0 Å². The van der Waals surface area contributed by atoms with E-state index in [1.807, 2.05) is 6.92 Å². The molecule has 0 atom stereocenters. The van der Waals surface area contributed by atoms with Crippen LogP contribution in [0.5, 0.6) is 0 Å². The van der Waals surface area contributed by atoms with Crippen LogP contribution in [0.1, 0.15) is 26.7 Å². The zero-order chi connectivity index (χ0) is 12.6. The smallest absolute Gasteiger partial charge is 0.246 e. The predicted molar refractivity (Wildman–Crippen MR) is 71.0 cm³/mol. The quantitative estimate of drug-likeness (QED) is 0.404. The molecular formula is C12H25NO2Si. The van der Waals surface area contributed by atoms with Gasteiger partial charge in [0.25, 0.3) is 0 Å². The Morgan fingerprint density at radius 3 is 2.50 bits per heavy atom. The molecule has 0 aliphatic rings. The van der Waals surface area contributed by atoms with Gasteiger partial charge < -0.3 is 9.74 Å². The second-order valence-corrected chi connectivity index (χ2v) is 8.99. The summed E-state index contributed by atoms with van der Waals surface area (Å²) >= 11 is 0. The van der Waals surface area contributed by atoms with E-state index in [1.165, 1.54) is 0 Å². The molecule has 0 saturated carbocycles. The molecule has 0 heterocycles. The summed E-state index contributed by atoms with van der Waals surface area (Å²) in [5.74, 6) is -0.0405. The van der Waals surface area contributed by atoms with Gasteiger partial charge >= 0.3 is 0 Å². The average Bonchev–Trinajstić information content (AvgIpc) is 2.16. The Morgan fingerprint density at radius 2 is 2.00 bits per heavy atom. The summed E-state index contributed by atoms with van der Waals surface area (Å²) in [6.07, 6.45) is 2.14. The van der Waals surface area contributed by atoms with Crippen LogP contribution in [0.25, 0.3) is 0 Å². The molecule has 1 amide bonds. The van der Waals surface area contributed by atoms with Gasteiger partial charge in [0.1, 0.15) is 0 Å². The fourth-order valence-electron chi connectivity index (χ4n) is 1.49. The Morgan fingerprint density at radius 1 is 1.38 bits per heavy atom. The number of rotatable bonds is 8. The van der Waals surface area contributed by atoms with Crippen molar-refractivity contribution in [3.63, 3.8) is 0 Å². The Balaban J connectivity index is 3.54. The van der Waals surface area contributed by atoms with E-state index in [-0.39, 0.29) is 5.91 Å². The summed E-state index contributed by atoms with van der Waals surface area (Å²) < 4.78 is 5.73. The molecule has 0 aliphatic carbocycles. The van der Waals surface area contributed by atoms with Gasteiger partial charge in [-0.05, 0) is 39.4 Å². The lowest BCUT2D eigenvalue weighted by Gasteiger charge is -2.21. The van der Waals surface area contributed by atoms with Crippen molar-refractivity contribution in [2.75, 3.05) is 13.2 Å². The summed E-state index contributed by atoms with van der Waals surface area (Å²) in [4.78, 5) is 11.2. The van der Waals surface area contributed by atoms with Crippen molar-refractivity contribution < 1.29 is 9.22 Å². The van der Waals surface area contributed by atoms with Gasteiger partial charge in [0.2, 0.25) is 5.91 Å². The highest BCUT2D eigenvalue weighted by atomic mass is 28.4. The SMILES string of the molecule is C=C(C)C(=O)NCCCC[Si](C)(C)OCC. The Hall–Kier alpha value is -0.613. The molecule has 0 aromatic rings. The zero-order valence-electron chi connectivity index (χ0n) is 11.1. The molecule has 1 N–H and O–H groups in total. The van der Waals surface area contributed by atoms with Crippen LogP contribution in [0.2, 0.25) is 19.1 Å². The molecule has 0 bridgehead atoms. The van der Waals surface area contributed by atoms with E-state index in [4.69, 9.17) is 4.43 Å². The number of hydrogen-bond donors (Lipinski definition) is 1. The summed E-state index contributed by atoms with van der Waals surface area (Å²) in [6.45, 7) is 13.4. The largest absolute Gasteiger partial charge is 0.418 e. The van der Waals surface area contributed by atoms with E-state index in [0.29, 0.717) is 5.57 Å². The number of unbranched alkanes of at least 4 members (excludes halogenated alkanes) is 1. The molecule has 0 spiro atoms. The summed E-state index contributed by atoms with van der Waals surface area (Å²) in [7, 11) is -1.43. The molecule has 4 heteroatoms. The number of amides is 1. The van der Waals surface area contributed by atoms with E-state index in [9.17, 15) is 4.79 Å². The van der Waals surface area contributed by atoms with Crippen molar-refractivity contribution in [3.8, 4) is 0 Å². The number of hydrogen-bond acceptors (Lipinski definition) is 2. The standard InChI is InChI=1S/C12H25NO2Si/c1-6-15-16(4,5)10-8-7-9-13-12(14)11(2)3/h2,6-10H2,1,3-5H3,(H,13,14). The summed E-state index contributed by atoms with van der Waals surface area (Å²) in [6, 6.07) is 1.16. The van der Waals surface area contributed by atoms with E-state index in [2.05, 4.69) is 25.0 Å². The Bertz CT molecular complexity index is 239. The van der Waals surface area contributed by atoms with Crippen molar-refractivity contribution in [3.05, 3.63) is 12.2 Å². The second kappa shape index (κ2) is 7.63. The third-order valence-corrected chi connectivity index (χ3v) is 5.04. The fraction of sp³-hybridized carbons (Fsp3) is 0.750. The van der Waals surface area contributed by atoms with E-state index in [1.54, 1.807) is 6.92 Å². The molecule has 0 aromatic carbocycles. The monoisotopic (exact) mass is 243 g/mol. The van der Waals surface area contributed by atoms with Crippen molar-refractivity contribution >= 4 is 14.2 Å². The maximum Gasteiger partial charge on any atom is 0.246 e. The van der Waals surface area contributed by atoms with Crippen LogP contribution in [0, 0.1) is 0 Å². The van der Waals surface area contributed by atoms with Gasteiger partial charge in [0, 0.05) is 18.7 Å². The second-order valence-electron chi connectivity index (χ2n) is 4.69. The van der Waals surface area contributed by atoms with Crippen molar-refractivity contribution in [2.24, 2.45) is 0 Å². The average molecular weight is 243 g/mol. The predicted octanol–water partition coefficient (Wildman–Crippen LogP) is 2.70. The third kappa shape index (κ3) is 7.65. The number of carbonyl (C=O) groups is 1. The molecule has 16 heavy (non-hydrogen) atoms. The maximum atomic E-state index is 11.2. The van der Waals surface area contributed by atoms with Gasteiger partial charge in [-0.1, -0.05) is 13.0 Å². The highest BCUT2D eigenvalue weighted by Gasteiger charge is 2.20. The van der Waals surface area contributed by atoms with Crippen molar-refractivity contribution in [1.29, 1.82) is 0 Å². The van der Waals surface area contributed by atoms with Crippen LogP contribution in [-0.2, 0) is 9.22 Å². The van der Waals surface area contributed by atoms with Crippen LogP contribution in [0.15, 0.2) is 12.2 Å². The van der Waals surface area contributed by atoms with Crippen molar-refractivity contribution in [2.45, 2.75) is 45.8 Å². The highest BCUT2D eigenvalue weighted by molar-refractivity contribution is 6.71. The lowest BCUT2D eigenvalue weighted by Crippen LogP contribution is -2.30. The van der Waals surface area contributed by atoms with E-state index in [0.717, 1.165) is 32.0 Å². The van der Waals surface area contributed by atoms with Gasteiger partial charge in [-0.15, -0.1) is 0 Å².